The number of aromatic nitrogens is 1. The smallest absolute Gasteiger partial charge is 0.243 e. The van der Waals surface area contributed by atoms with Crippen molar-refractivity contribution in [2.75, 3.05) is 26.2 Å². The summed E-state index contributed by atoms with van der Waals surface area (Å²) < 4.78 is 32.4. The van der Waals surface area contributed by atoms with Gasteiger partial charge in [0.2, 0.25) is 15.9 Å². The number of sulfonamides is 1. The highest BCUT2D eigenvalue weighted by Gasteiger charge is 2.30. The highest BCUT2D eigenvalue weighted by Crippen LogP contribution is 2.27. The van der Waals surface area contributed by atoms with Crippen LogP contribution in [-0.4, -0.2) is 54.7 Å². The second-order valence-corrected chi connectivity index (χ2v) is 10.3. The fourth-order valence-corrected chi connectivity index (χ4v) is 5.73. The molecule has 1 fully saturated rings. The summed E-state index contributed by atoms with van der Waals surface area (Å²) in [5.74, 6) is 0.581. The molecule has 1 amide bonds. The van der Waals surface area contributed by atoms with E-state index in [1.807, 2.05) is 11.4 Å². The van der Waals surface area contributed by atoms with E-state index in [-0.39, 0.29) is 35.3 Å². The maximum absolute atomic E-state index is 12.8. The van der Waals surface area contributed by atoms with Crippen LogP contribution >= 0.6 is 34.5 Å². The lowest BCUT2D eigenvalue weighted by atomic mass is 10.2. The Kier molecular flexibility index (Phi) is 6.17. The largest absolute Gasteiger partial charge is 0.462 e. The fourth-order valence-electron chi connectivity index (χ4n) is 3.13. The molecule has 3 heterocycles. The lowest BCUT2D eigenvalue weighted by Crippen LogP contribution is -2.50. The lowest BCUT2D eigenvalue weighted by Gasteiger charge is -2.34. The summed E-state index contributed by atoms with van der Waals surface area (Å²) in [6.45, 7) is 1.05. The lowest BCUT2D eigenvalue weighted by molar-refractivity contribution is -0.131. The van der Waals surface area contributed by atoms with Gasteiger partial charge >= 0.3 is 0 Å². The molecule has 3 aromatic rings. The SMILES string of the molecule is O=C(Cc1csc(-c2ccco2)n1)N1CCN(S(=O)(=O)c2ccc(Cl)c(Cl)c2)CC1. The van der Waals surface area contributed by atoms with Crippen LogP contribution in [-0.2, 0) is 21.2 Å². The van der Waals surface area contributed by atoms with E-state index in [1.165, 1.54) is 33.8 Å². The van der Waals surface area contributed by atoms with Gasteiger partial charge in [0.1, 0.15) is 0 Å². The topological polar surface area (TPSA) is 83.7 Å². The molecular weight excluding hydrogens is 469 g/mol. The number of carbonyl (C=O) groups is 1. The molecule has 1 aromatic carbocycles. The molecule has 0 aliphatic carbocycles. The average Bonchev–Trinajstić information content (AvgIpc) is 3.42. The van der Waals surface area contributed by atoms with Crippen molar-refractivity contribution in [2.45, 2.75) is 11.3 Å². The molecule has 158 valence electrons. The number of rotatable bonds is 5. The van der Waals surface area contributed by atoms with Crippen molar-refractivity contribution >= 4 is 50.5 Å². The van der Waals surface area contributed by atoms with Crippen molar-refractivity contribution in [2.24, 2.45) is 0 Å². The van der Waals surface area contributed by atoms with Crippen molar-refractivity contribution in [3.05, 3.63) is 57.7 Å². The molecule has 30 heavy (non-hydrogen) atoms. The van der Waals surface area contributed by atoms with Gasteiger partial charge < -0.3 is 9.32 Å². The Labute approximate surface area is 187 Å². The summed E-state index contributed by atoms with van der Waals surface area (Å²) in [6, 6.07) is 7.84. The van der Waals surface area contributed by atoms with Gasteiger partial charge in [0.25, 0.3) is 0 Å². The van der Waals surface area contributed by atoms with E-state index >= 15 is 0 Å². The van der Waals surface area contributed by atoms with E-state index in [4.69, 9.17) is 27.6 Å². The Morgan fingerprint density at radius 1 is 1.13 bits per heavy atom. The Bertz CT molecular complexity index is 1150. The molecule has 0 saturated carbocycles. The van der Waals surface area contributed by atoms with Crippen LogP contribution in [0.3, 0.4) is 0 Å². The number of piperazine rings is 1. The molecule has 1 aliphatic heterocycles. The third-order valence-corrected chi connectivity index (χ3v) is 8.28. The minimum absolute atomic E-state index is 0.0853. The van der Waals surface area contributed by atoms with Crippen molar-refractivity contribution in [1.29, 1.82) is 0 Å². The van der Waals surface area contributed by atoms with Gasteiger partial charge in [-0.2, -0.15) is 4.31 Å². The third-order valence-electron chi connectivity index (χ3n) is 4.74. The number of benzene rings is 1. The number of hydrogen-bond acceptors (Lipinski definition) is 6. The van der Waals surface area contributed by atoms with Gasteiger partial charge in [-0.15, -0.1) is 11.3 Å². The number of nitrogens with zero attached hydrogens (tertiary/aromatic N) is 3. The Morgan fingerprint density at radius 2 is 1.90 bits per heavy atom. The zero-order valence-electron chi connectivity index (χ0n) is 15.6. The molecule has 0 spiro atoms. The van der Waals surface area contributed by atoms with Crippen molar-refractivity contribution < 1.29 is 17.6 Å². The third kappa shape index (κ3) is 4.40. The van der Waals surface area contributed by atoms with E-state index in [1.54, 1.807) is 17.2 Å². The van der Waals surface area contributed by atoms with Crippen LogP contribution in [0, 0.1) is 0 Å². The van der Waals surface area contributed by atoms with Crippen LogP contribution in [0.5, 0.6) is 0 Å². The summed E-state index contributed by atoms with van der Waals surface area (Å²) in [4.78, 5) is 18.8. The number of amides is 1. The molecule has 11 heteroatoms. The maximum Gasteiger partial charge on any atom is 0.243 e. The van der Waals surface area contributed by atoms with Crippen LogP contribution in [0.25, 0.3) is 10.8 Å². The molecular formula is C19H17Cl2N3O4S2. The monoisotopic (exact) mass is 485 g/mol. The molecule has 0 N–H and O–H groups in total. The first-order chi connectivity index (χ1) is 14.3. The van der Waals surface area contributed by atoms with E-state index in [2.05, 4.69) is 4.98 Å². The zero-order valence-corrected chi connectivity index (χ0v) is 18.8. The molecule has 1 aliphatic rings. The number of furan rings is 1. The van der Waals surface area contributed by atoms with Crippen LogP contribution < -0.4 is 0 Å². The first-order valence-corrected chi connectivity index (χ1v) is 12.1. The first-order valence-electron chi connectivity index (χ1n) is 9.06. The predicted molar refractivity (Wildman–Crippen MR) is 115 cm³/mol. The van der Waals surface area contributed by atoms with Gasteiger partial charge in [-0.25, -0.2) is 13.4 Å². The highest BCUT2D eigenvalue weighted by atomic mass is 35.5. The van der Waals surface area contributed by atoms with Crippen molar-refractivity contribution in [3.63, 3.8) is 0 Å². The number of thiazole rings is 1. The van der Waals surface area contributed by atoms with Gasteiger partial charge in [-0.1, -0.05) is 23.2 Å². The van der Waals surface area contributed by atoms with Gasteiger partial charge in [-0.3, -0.25) is 4.79 Å². The minimum atomic E-state index is -3.70. The summed E-state index contributed by atoms with van der Waals surface area (Å²) in [6.07, 6.45) is 1.74. The van der Waals surface area contributed by atoms with Crippen molar-refractivity contribution in [3.8, 4) is 10.8 Å². The summed E-state index contributed by atoms with van der Waals surface area (Å²) >= 11 is 13.2. The van der Waals surface area contributed by atoms with Crippen LogP contribution in [0.4, 0.5) is 0 Å². The van der Waals surface area contributed by atoms with Crippen LogP contribution in [0.2, 0.25) is 10.0 Å². The second kappa shape index (κ2) is 8.68. The Hall–Kier alpha value is -1.91. The maximum atomic E-state index is 12.8. The summed E-state index contributed by atoms with van der Waals surface area (Å²) in [7, 11) is -3.70. The van der Waals surface area contributed by atoms with Crippen LogP contribution in [0.1, 0.15) is 5.69 Å². The molecule has 7 nitrogen and oxygen atoms in total. The first kappa shape index (κ1) is 21.3. The predicted octanol–water partition coefficient (Wildman–Crippen LogP) is 3.79. The zero-order chi connectivity index (χ0) is 21.3. The average molecular weight is 486 g/mol. The number of halogens is 2. The van der Waals surface area contributed by atoms with Crippen molar-refractivity contribution in [1.82, 2.24) is 14.2 Å². The van der Waals surface area contributed by atoms with E-state index < -0.39 is 10.0 Å². The van der Waals surface area contributed by atoms with Gasteiger partial charge in [0.05, 0.1) is 33.3 Å². The fraction of sp³-hybridized carbons (Fsp3) is 0.263. The molecule has 0 atom stereocenters. The van der Waals surface area contributed by atoms with Gasteiger partial charge in [0, 0.05) is 31.6 Å². The van der Waals surface area contributed by atoms with Gasteiger partial charge in [0.15, 0.2) is 10.8 Å². The van der Waals surface area contributed by atoms with Gasteiger partial charge in [-0.05, 0) is 30.3 Å². The Morgan fingerprint density at radius 3 is 2.57 bits per heavy atom. The normalized spacial score (nSPS) is 15.5. The summed E-state index contributed by atoms with van der Waals surface area (Å²) in [5.41, 5.74) is 0.669. The molecule has 4 rings (SSSR count). The van der Waals surface area contributed by atoms with E-state index in [0.717, 1.165) is 5.01 Å². The molecule has 0 unspecified atom stereocenters. The minimum Gasteiger partial charge on any atom is -0.462 e. The Balaban J connectivity index is 1.37. The molecule has 0 radical (unpaired) electrons. The second-order valence-electron chi connectivity index (χ2n) is 6.66. The van der Waals surface area contributed by atoms with E-state index in [9.17, 15) is 13.2 Å². The quantitative estimate of drug-likeness (QED) is 0.548. The number of hydrogen-bond donors (Lipinski definition) is 0. The van der Waals surface area contributed by atoms with Crippen LogP contribution in [0.15, 0.2) is 51.3 Å². The summed E-state index contributed by atoms with van der Waals surface area (Å²) in [5, 5.41) is 3.04. The highest BCUT2D eigenvalue weighted by molar-refractivity contribution is 7.89. The standard InChI is InChI=1S/C19H17Cl2N3O4S2/c20-15-4-3-14(11-16(15)21)30(26,27)24-7-5-23(6-8-24)18(25)10-13-12-29-19(22-13)17-2-1-9-28-17/h1-4,9,11-12H,5-8,10H2. The van der Waals surface area contributed by atoms with E-state index in [0.29, 0.717) is 29.6 Å². The molecule has 0 bridgehead atoms. The number of carbonyl (C=O) groups excluding carboxylic acids is 1. The molecule has 2 aromatic heterocycles. The molecule has 1 saturated heterocycles.